The average Bonchev–Trinajstić information content (AvgIpc) is 2.55. The first kappa shape index (κ1) is 17.7. The molecule has 2 aromatic rings. The summed E-state index contributed by atoms with van der Waals surface area (Å²) in [5.41, 5.74) is 6.79. The summed E-state index contributed by atoms with van der Waals surface area (Å²) in [5.74, 6) is 0.868. The molecular formula is C20H24N2O2. The van der Waals surface area contributed by atoms with Crippen LogP contribution in [0.15, 0.2) is 47.6 Å². The molecule has 126 valence electrons. The molecule has 0 saturated carbocycles. The van der Waals surface area contributed by atoms with E-state index in [1.165, 1.54) is 11.1 Å². The van der Waals surface area contributed by atoms with E-state index < -0.39 is 0 Å². The molecule has 0 unspecified atom stereocenters. The van der Waals surface area contributed by atoms with Gasteiger partial charge in [-0.1, -0.05) is 55.8 Å². The zero-order valence-corrected chi connectivity index (χ0v) is 14.7. The maximum atomic E-state index is 11.8. The maximum absolute atomic E-state index is 11.8. The van der Waals surface area contributed by atoms with Gasteiger partial charge in [0.05, 0.1) is 6.21 Å². The highest BCUT2D eigenvalue weighted by molar-refractivity contribution is 5.82. The Kier molecular flexibility index (Phi) is 6.13. The topological polar surface area (TPSA) is 50.7 Å². The molecule has 0 atom stereocenters. The lowest BCUT2D eigenvalue weighted by molar-refractivity contribution is -0.123. The number of carbonyl (C=O) groups is 1. The van der Waals surface area contributed by atoms with Gasteiger partial charge < -0.3 is 4.74 Å². The maximum Gasteiger partial charge on any atom is 0.277 e. The fourth-order valence-electron chi connectivity index (χ4n) is 2.14. The number of nitrogens with zero attached hydrogens (tertiary/aromatic N) is 1. The Bertz CT molecular complexity index is 719. The third kappa shape index (κ3) is 5.23. The summed E-state index contributed by atoms with van der Waals surface area (Å²) < 4.78 is 5.62. The molecule has 0 aliphatic heterocycles. The number of hydrogen-bond acceptors (Lipinski definition) is 3. The zero-order valence-electron chi connectivity index (χ0n) is 14.7. The van der Waals surface area contributed by atoms with E-state index in [9.17, 15) is 4.79 Å². The number of ether oxygens (including phenoxy) is 1. The van der Waals surface area contributed by atoms with E-state index in [1.807, 2.05) is 50.2 Å². The number of carbonyl (C=O) groups excluding carboxylic acids is 1. The van der Waals surface area contributed by atoms with Gasteiger partial charge in [0.15, 0.2) is 6.61 Å². The van der Waals surface area contributed by atoms with Gasteiger partial charge in [0.2, 0.25) is 0 Å². The molecule has 0 radical (unpaired) electrons. The Hall–Kier alpha value is -2.62. The fraction of sp³-hybridized carbons (Fsp3) is 0.300. The van der Waals surface area contributed by atoms with E-state index in [-0.39, 0.29) is 12.5 Å². The third-order valence-corrected chi connectivity index (χ3v) is 3.72. The summed E-state index contributed by atoms with van der Waals surface area (Å²) >= 11 is 0. The van der Waals surface area contributed by atoms with Crippen LogP contribution >= 0.6 is 0 Å². The van der Waals surface area contributed by atoms with Crippen molar-refractivity contribution in [1.29, 1.82) is 0 Å². The number of aryl methyl sites for hydroxylation is 2. The summed E-state index contributed by atoms with van der Waals surface area (Å²) in [6.45, 7) is 8.18. The van der Waals surface area contributed by atoms with Crippen molar-refractivity contribution in [3.63, 3.8) is 0 Å². The molecular weight excluding hydrogens is 300 g/mol. The Morgan fingerprint density at radius 1 is 1.17 bits per heavy atom. The Morgan fingerprint density at radius 2 is 1.88 bits per heavy atom. The van der Waals surface area contributed by atoms with Crippen molar-refractivity contribution in [1.82, 2.24) is 5.43 Å². The lowest BCUT2D eigenvalue weighted by atomic mass is 10.0. The van der Waals surface area contributed by atoms with Gasteiger partial charge in [0.1, 0.15) is 5.75 Å². The summed E-state index contributed by atoms with van der Waals surface area (Å²) in [7, 11) is 0. The highest BCUT2D eigenvalue weighted by Crippen LogP contribution is 2.24. The second kappa shape index (κ2) is 8.29. The molecule has 0 spiro atoms. The van der Waals surface area contributed by atoms with Crippen LogP contribution in [0.5, 0.6) is 5.75 Å². The summed E-state index contributed by atoms with van der Waals surface area (Å²) in [6, 6.07) is 14.0. The van der Waals surface area contributed by atoms with Crippen molar-refractivity contribution in [3.05, 3.63) is 64.7 Å². The Morgan fingerprint density at radius 3 is 2.54 bits per heavy atom. The standard InChI is InChI=1S/C20H24N2O2/c1-14(2)18-10-7-16(4)19(11-18)24-13-20(23)22-21-12-17-8-5-15(3)6-9-17/h5-12,14H,13H2,1-4H3,(H,22,23)/b21-12+. The number of hydrazone groups is 1. The van der Waals surface area contributed by atoms with E-state index in [0.717, 1.165) is 16.9 Å². The average molecular weight is 324 g/mol. The normalized spacial score (nSPS) is 11.0. The molecule has 4 nitrogen and oxygen atoms in total. The summed E-state index contributed by atoms with van der Waals surface area (Å²) in [6.07, 6.45) is 1.61. The largest absolute Gasteiger partial charge is 0.483 e. The molecule has 0 aromatic heterocycles. The molecule has 0 bridgehead atoms. The molecule has 0 aliphatic carbocycles. The second-order valence-electron chi connectivity index (χ2n) is 6.17. The molecule has 0 heterocycles. The van der Waals surface area contributed by atoms with Gasteiger partial charge in [-0.15, -0.1) is 0 Å². The highest BCUT2D eigenvalue weighted by Gasteiger charge is 2.07. The van der Waals surface area contributed by atoms with Crippen molar-refractivity contribution in [2.75, 3.05) is 6.61 Å². The highest BCUT2D eigenvalue weighted by atomic mass is 16.5. The summed E-state index contributed by atoms with van der Waals surface area (Å²) in [4.78, 5) is 11.8. The van der Waals surface area contributed by atoms with Gasteiger partial charge in [0, 0.05) is 0 Å². The molecule has 0 aliphatic rings. The van der Waals surface area contributed by atoms with Crippen LogP contribution in [-0.2, 0) is 4.79 Å². The van der Waals surface area contributed by atoms with Crippen LogP contribution in [0, 0.1) is 13.8 Å². The molecule has 4 heteroatoms. The van der Waals surface area contributed by atoms with Crippen LogP contribution in [0.3, 0.4) is 0 Å². The number of benzene rings is 2. The molecule has 2 rings (SSSR count). The second-order valence-corrected chi connectivity index (χ2v) is 6.17. The molecule has 1 N–H and O–H groups in total. The number of hydrogen-bond donors (Lipinski definition) is 1. The smallest absolute Gasteiger partial charge is 0.277 e. The van der Waals surface area contributed by atoms with Crippen molar-refractivity contribution in [3.8, 4) is 5.75 Å². The SMILES string of the molecule is Cc1ccc(/C=N/NC(=O)COc2cc(C(C)C)ccc2C)cc1. The lowest BCUT2D eigenvalue weighted by Crippen LogP contribution is -2.24. The van der Waals surface area contributed by atoms with Crippen molar-refractivity contribution < 1.29 is 9.53 Å². The van der Waals surface area contributed by atoms with Gasteiger partial charge in [-0.2, -0.15) is 5.10 Å². The van der Waals surface area contributed by atoms with Gasteiger partial charge in [0.25, 0.3) is 5.91 Å². The van der Waals surface area contributed by atoms with E-state index in [1.54, 1.807) is 6.21 Å². The third-order valence-electron chi connectivity index (χ3n) is 3.72. The predicted octanol–water partition coefficient (Wildman–Crippen LogP) is 3.96. The summed E-state index contributed by atoms with van der Waals surface area (Å²) in [5, 5.41) is 3.95. The van der Waals surface area contributed by atoms with Gasteiger partial charge in [-0.3, -0.25) is 4.79 Å². The number of amides is 1. The minimum atomic E-state index is -0.285. The predicted molar refractivity (Wildman–Crippen MR) is 97.7 cm³/mol. The van der Waals surface area contributed by atoms with E-state index in [0.29, 0.717) is 5.92 Å². The van der Waals surface area contributed by atoms with E-state index >= 15 is 0 Å². The van der Waals surface area contributed by atoms with Crippen LogP contribution in [0.4, 0.5) is 0 Å². The van der Waals surface area contributed by atoms with Gasteiger partial charge >= 0.3 is 0 Å². The van der Waals surface area contributed by atoms with Crippen LogP contribution in [0.1, 0.15) is 42.0 Å². The number of nitrogens with one attached hydrogen (secondary N) is 1. The monoisotopic (exact) mass is 324 g/mol. The fourth-order valence-corrected chi connectivity index (χ4v) is 2.14. The van der Waals surface area contributed by atoms with Crippen molar-refractivity contribution in [2.45, 2.75) is 33.6 Å². The quantitative estimate of drug-likeness (QED) is 0.646. The van der Waals surface area contributed by atoms with Crippen LogP contribution in [0.2, 0.25) is 0 Å². The molecule has 0 saturated heterocycles. The van der Waals surface area contributed by atoms with Crippen molar-refractivity contribution in [2.24, 2.45) is 5.10 Å². The Labute approximate surface area is 143 Å². The number of rotatable bonds is 6. The van der Waals surface area contributed by atoms with Gasteiger partial charge in [-0.25, -0.2) is 5.43 Å². The molecule has 0 fully saturated rings. The van der Waals surface area contributed by atoms with Crippen LogP contribution in [-0.4, -0.2) is 18.7 Å². The first-order valence-corrected chi connectivity index (χ1v) is 8.07. The van der Waals surface area contributed by atoms with Gasteiger partial charge in [-0.05, 0) is 42.5 Å². The molecule has 1 amide bonds. The molecule has 24 heavy (non-hydrogen) atoms. The minimum Gasteiger partial charge on any atom is -0.483 e. The van der Waals surface area contributed by atoms with Crippen molar-refractivity contribution >= 4 is 12.1 Å². The van der Waals surface area contributed by atoms with E-state index in [4.69, 9.17) is 4.74 Å². The zero-order chi connectivity index (χ0) is 17.5. The van der Waals surface area contributed by atoms with Crippen LogP contribution in [0.25, 0.3) is 0 Å². The minimum absolute atomic E-state index is 0.0619. The lowest BCUT2D eigenvalue weighted by Gasteiger charge is -2.12. The first-order chi connectivity index (χ1) is 11.5. The van der Waals surface area contributed by atoms with Crippen LogP contribution < -0.4 is 10.2 Å². The first-order valence-electron chi connectivity index (χ1n) is 8.07. The van der Waals surface area contributed by atoms with E-state index in [2.05, 4.69) is 30.4 Å². The molecule has 2 aromatic carbocycles. The Balaban J connectivity index is 1.87.